The van der Waals surface area contributed by atoms with Crippen LogP contribution in [0.4, 0.5) is 0 Å². The summed E-state index contributed by atoms with van der Waals surface area (Å²) >= 11 is 0. The van der Waals surface area contributed by atoms with Crippen LogP contribution in [0, 0.1) is 52.3 Å². The van der Waals surface area contributed by atoms with Gasteiger partial charge in [0.15, 0.2) is 0 Å². The van der Waals surface area contributed by atoms with Crippen molar-refractivity contribution in [2.24, 2.45) is 52.3 Å². The largest absolute Gasteiger partial charge is 0.319 e. The van der Waals surface area contributed by atoms with E-state index >= 15 is 0 Å². The summed E-state index contributed by atoms with van der Waals surface area (Å²) in [5, 5.41) is 0. The summed E-state index contributed by atoms with van der Waals surface area (Å²) in [6.07, 6.45) is 14.2. The van der Waals surface area contributed by atoms with Crippen molar-refractivity contribution in [2.75, 3.05) is 7.05 Å². The van der Waals surface area contributed by atoms with Crippen LogP contribution < -0.4 is 0 Å². The Morgan fingerprint density at radius 1 is 1.07 bits per heavy atom. The van der Waals surface area contributed by atoms with Gasteiger partial charge in [-0.25, -0.2) is 0 Å². The van der Waals surface area contributed by atoms with Gasteiger partial charge in [0.25, 0.3) is 0 Å². The standard InChI is InChI=1S/C28H47NO/c1-18(2)9-8-10-19(3)21-11-12-22-26-20(4)17-24-28(6,16-14-25(30)29(24)7)23(26)13-15-27(21,22)5/h17-23,26H,8-16H2,1-7H3/t19-,20?,21-,22+,23+,26+,27-,28-/m1/s1. The van der Waals surface area contributed by atoms with Crippen LogP contribution in [0.2, 0.25) is 0 Å². The van der Waals surface area contributed by atoms with Crippen LogP contribution >= 0.6 is 0 Å². The number of rotatable bonds is 5. The number of fused-ring (bicyclic) bond motifs is 5. The minimum absolute atomic E-state index is 0.210. The number of allylic oxidation sites excluding steroid dienone is 2. The molecule has 1 saturated heterocycles. The summed E-state index contributed by atoms with van der Waals surface area (Å²) in [6.45, 7) is 14.9. The van der Waals surface area contributed by atoms with E-state index in [9.17, 15) is 4.79 Å². The minimum Gasteiger partial charge on any atom is -0.319 e. The van der Waals surface area contributed by atoms with Gasteiger partial charge in [0, 0.05) is 24.6 Å². The molecule has 30 heavy (non-hydrogen) atoms. The number of likely N-dealkylation sites (tertiary alicyclic amines) is 1. The zero-order valence-electron chi connectivity index (χ0n) is 20.8. The van der Waals surface area contributed by atoms with Gasteiger partial charge in [0.05, 0.1) is 0 Å². The molecule has 3 aliphatic carbocycles. The SMILES string of the molecule is CC(C)CCC[C@@H](C)[C@H]1CC[C@H]2[C@@H]3C(C)C=C4N(C)C(=O)CC[C@]4(C)[C@H]3CC[C@]12C. The molecule has 2 nitrogen and oxygen atoms in total. The number of carbonyl (C=O) groups excluding carboxylic acids is 1. The number of carbonyl (C=O) groups is 1. The summed E-state index contributed by atoms with van der Waals surface area (Å²) < 4.78 is 0. The van der Waals surface area contributed by atoms with Crippen molar-refractivity contribution in [1.82, 2.24) is 4.90 Å². The van der Waals surface area contributed by atoms with Crippen LogP contribution in [-0.4, -0.2) is 17.9 Å². The maximum Gasteiger partial charge on any atom is 0.226 e. The van der Waals surface area contributed by atoms with Crippen molar-refractivity contribution in [1.29, 1.82) is 0 Å². The zero-order valence-corrected chi connectivity index (χ0v) is 20.8. The maximum atomic E-state index is 12.4. The van der Waals surface area contributed by atoms with E-state index in [-0.39, 0.29) is 5.41 Å². The first kappa shape index (κ1) is 22.4. The van der Waals surface area contributed by atoms with Crippen LogP contribution in [0.1, 0.15) is 99.3 Å². The molecule has 2 saturated carbocycles. The molecule has 170 valence electrons. The molecular weight excluding hydrogens is 366 g/mol. The molecule has 4 rings (SSSR count). The summed E-state index contributed by atoms with van der Waals surface area (Å²) in [4.78, 5) is 14.4. The monoisotopic (exact) mass is 413 g/mol. The van der Waals surface area contributed by atoms with E-state index in [2.05, 4.69) is 47.6 Å². The number of nitrogens with zero attached hydrogens (tertiary/aromatic N) is 1. The van der Waals surface area contributed by atoms with Crippen LogP contribution in [-0.2, 0) is 4.79 Å². The maximum absolute atomic E-state index is 12.4. The molecule has 3 fully saturated rings. The number of piperidine rings is 1. The van der Waals surface area contributed by atoms with E-state index in [0.29, 0.717) is 17.2 Å². The molecule has 0 aromatic rings. The molecule has 2 heteroatoms. The second-order valence-corrected chi connectivity index (χ2v) is 12.6. The van der Waals surface area contributed by atoms with Gasteiger partial charge in [0.2, 0.25) is 5.91 Å². The zero-order chi connectivity index (χ0) is 21.8. The highest BCUT2D eigenvalue weighted by Gasteiger charge is 2.61. The van der Waals surface area contributed by atoms with Gasteiger partial charge in [-0.05, 0) is 78.9 Å². The van der Waals surface area contributed by atoms with Crippen molar-refractivity contribution in [3.05, 3.63) is 11.8 Å². The van der Waals surface area contributed by atoms with E-state index in [0.717, 1.165) is 48.3 Å². The molecule has 0 N–H and O–H groups in total. The predicted molar refractivity (Wildman–Crippen MR) is 126 cm³/mol. The van der Waals surface area contributed by atoms with Crippen molar-refractivity contribution < 1.29 is 4.79 Å². The van der Waals surface area contributed by atoms with E-state index in [1.54, 1.807) is 0 Å². The van der Waals surface area contributed by atoms with Gasteiger partial charge in [-0.3, -0.25) is 4.79 Å². The van der Waals surface area contributed by atoms with Gasteiger partial charge < -0.3 is 4.90 Å². The summed E-state index contributed by atoms with van der Waals surface area (Å²) in [7, 11) is 2.02. The lowest BCUT2D eigenvalue weighted by molar-refractivity contribution is -0.137. The van der Waals surface area contributed by atoms with Crippen molar-refractivity contribution in [2.45, 2.75) is 99.3 Å². The Balaban J connectivity index is 1.57. The molecule has 0 spiro atoms. The Morgan fingerprint density at radius 2 is 1.80 bits per heavy atom. The lowest BCUT2D eigenvalue weighted by Crippen LogP contribution is -2.55. The molecular formula is C28H47NO. The number of amides is 1. The molecule has 1 aliphatic heterocycles. The molecule has 1 unspecified atom stereocenters. The molecule has 0 aromatic heterocycles. The third kappa shape index (κ3) is 3.39. The van der Waals surface area contributed by atoms with E-state index in [1.807, 2.05) is 11.9 Å². The molecule has 0 aromatic carbocycles. The molecule has 1 heterocycles. The van der Waals surface area contributed by atoms with Crippen LogP contribution in [0.25, 0.3) is 0 Å². The van der Waals surface area contributed by atoms with Crippen molar-refractivity contribution in [3.63, 3.8) is 0 Å². The first-order chi connectivity index (χ1) is 14.1. The van der Waals surface area contributed by atoms with Gasteiger partial charge >= 0.3 is 0 Å². The third-order valence-electron chi connectivity index (χ3n) is 10.6. The highest BCUT2D eigenvalue weighted by molar-refractivity contribution is 5.79. The molecule has 0 radical (unpaired) electrons. The first-order valence-corrected chi connectivity index (χ1v) is 13.1. The highest BCUT2D eigenvalue weighted by Crippen LogP contribution is 2.68. The van der Waals surface area contributed by atoms with Crippen LogP contribution in [0.5, 0.6) is 0 Å². The summed E-state index contributed by atoms with van der Waals surface area (Å²) in [6, 6.07) is 0. The van der Waals surface area contributed by atoms with E-state index < -0.39 is 0 Å². The van der Waals surface area contributed by atoms with Gasteiger partial charge in [0.1, 0.15) is 0 Å². The Morgan fingerprint density at radius 3 is 2.50 bits per heavy atom. The second-order valence-electron chi connectivity index (χ2n) is 12.6. The summed E-state index contributed by atoms with van der Waals surface area (Å²) in [5.74, 6) is 5.99. The Kier molecular flexibility index (Phi) is 5.95. The second kappa shape index (κ2) is 7.96. The Labute approximate surface area is 186 Å². The highest BCUT2D eigenvalue weighted by atomic mass is 16.2. The smallest absolute Gasteiger partial charge is 0.226 e. The molecule has 0 bridgehead atoms. The van der Waals surface area contributed by atoms with Crippen LogP contribution in [0.3, 0.4) is 0 Å². The lowest BCUT2D eigenvalue weighted by atomic mass is 9.46. The fraction of sp³-hybridized carbons (Fsp3) is 0.893. The topological polar surface area (TPSA) is 20.3 Å². The Bertz CT molecular complexity index is 695. The Hall–Kier alpha value is -0.790. The quantitative estimate of drug-likeness (QED) is 0.463. The lowest BCUT2D eigenvalue weighted by Gasteiger charge is -2.60. The third-order valence-corrected chi connectivity index (χ3v) is 10.6. The fourth-order valence-electron chi connectivity index (χ4n) is 8.91. The first-order valence-electron chi connectivity index (χ1n) is 13.1. The van der Waals surface area contributed by atoms with Gasteiger partial charge in [-0.2, -0.15) is 0 Å². The number of hydrogen-bond donors (Lipinski definition) is 0. The van der Waals surface area contributed by atoms with Crippen LogP contribution in [0.15, 0.2) is 11.8 Å². The average molecular weight is 414 g/mol. The fourth-order valence-corrected chi connectivity index (χ4v) is 8.91. The average Bonchev–Trinajstić information content (AvgIpc) is 3.03. The minimum atomic E-state index is 0.210. The normalized spacial score (nSPS) is 44.4. The van der Waals surface area contributed by atoms with Crippen molar-refractivity contribution in [3.8, 4) is 0 Å². The van der Waals surface area contributed by atoms with Gasteiger partial charge in [-0.1, -0.05) is 66.9 Å². The number of hydrogen-bond acceptors (Lipinski definition) is 1. The summed E-state index contributed by atoms with van der Waals surface area (Å²) in [5.41, 5.74) is 2.10. The van der Waals surface area contributed by atoms with Gasteiger partial charge in [-0.15, -0.1) is 0 Å². The predicted octanol–water partition coefficient (Wildman–Crippen LogP) is 7.30. The molecule has 1 amide bonds. The molecule has 8 atom stereocenters. The van der Waals surface area contributed by atoms with E-state index in [1.165, 1.54) is 50.6 Å². The van der Waals surface area contributed by atoms with E-state index in [4.69, 9.17) is 0 Å². The van der Waals surface area contributed by atoms with Crippen molar-refractivity contribution >= 4 is 5.91 Å². The molecule has 4 aliphatic rings.